The van der Waals surface area contributed by atoms with Gasteiger partial charge in [-0.15, -0.1) is 0 Å². The Morgan fingerprint density at radius 2 is 1.80 bits per heavy atom. The minimum Gasteiger partial charge on any atom is -0.481 e. The number of carbonyl (C=O) groups excluding carboxylic acids is 1. The van der Waals surface area contributed by atoms with Crippen LogP contribution in [-0.2, 0) is 9.59 Å². The van der Waals surface area contributed by atoms with Crippen molar-refractivity contribution in [2.24, 2.45) is 5.41 Å². The first-order chi connectivity index (χ1) is 9.16. The maximum Gasteiger partial charge on any atom is 0.310 e. The molecule has 6 heteroatoms. The summed E-state index contributed by atoms with van der Waals surface area (Å²) in [5.41, 5.74) is -1.47. The second kappa shape index (κ2) is 5.98. The van der Waals surface area contributed by atoms with Crippen LogP contribution in [0.1, 0.15) is 32.3 Å². The Morgan fingerprint density at radius 3 is 2.25 bits per heavy atom. The first kappa shape index (κ1) is 16.1. The fourth-order valence-electron chi connectivity index (χ4n) is 1.59. The second-order valence-electron chi connectivity index (χ2n) is 5.26. The van der Waals surface area contributed by atoms with Gasteiger partial charge in [0.1, 0.15) is 11.6 Å². The van der Waals surface area contributed by atoms with Crippen LogP contribution in [0.25, 0.3) is 0 Å². The zero-order chi connectivity index (χ0) is 15.5. The Morgan fingerprint density at radius 1 is 1.30 bits per heavy atom. The van der Waals surface area contributed by atoms with Gasteiger partial charge in [0.2, 0.25) is 5.91 Å². The fourth-order valence-corrected chi connectivity index (χ4v) is 1.59. The minimum absolute atomic E-state index is 0.123. The van der Waals surface area contributed by atoms with Crippen LogP contribution in [0, 0.1) is 17.0 Å². The van der Waals surface area contributed by atoms with E-state index in [1.807, 2.05) is 0 Å². The lowest BCUT2D eigenvalue weighted by atomic mass is 9.93. The quantitative estimate of drug-likeness (QED) is 0.872. The van der Waals surface area contributed by atoms with Crippen LogP contribution in [-0.4, -0.2) is 23.5 Å². The smallest absolute Gasteiger partial charge is 0.310 e. The molecule has 110 valence electrons. The number of benzene rings is 1. The van der Waals surface area contributed by atoms with Gasteiger partial charge in [0.05, 0.1) is 11.3 Å². The van der Waals surface area contributed by atoms with E-state index in [2.05, 4.69) is 5.32 Å². The highest BCUT2D eigenvalue weighted by Crippen LogP contribution is 2.23. The number of aliphatic carboxylic acids is 1. The van der Waals surface area contributed by atoms with E-state index in [1.54, 1.807) is 0 Å². The van der Waals surface area contributed by atoms with E-state index in [4.69, 9.17) is 5.11 Å². The second-order valence-corrected chi connectivity index (χ2v) is 5.26. The van der Waals surface area contributed by atoms with Gasteiger partial charge in [-0.1, -0.05) is 6.07 Å². The summed E-state index contributed by atoms with van der Waals surface area (Å²) in [5.74, 6) is -4.33. The maximum absolute atomic E-state index is 13.5. The molecule has 0 heterocycles. The summed E-state index contributed by atoms with van der Waals surface area (Å²) < 4.78 is 27.1. The van der Waals surface area contributed by atoms with Crippen LogP contribution in [0.3, 0.4) is 0 Å². The van der Waals surface area contributed by atoms with Crippen molar-refractivity contribution in [1.29, 1.82) is 0 Å². The van der Waals surface area contributed by atoms with E-state index in [0.717, 1.165) is 12.1 Å². The van der Waals surface area contributed by atoms with Crippen LogP contribution in [0.5, 0.6) is 0 Å². The van der Waals surface area contributed by atoms with E-state index in [1.165, 1.54) is 26.8 Å². The van der Waals surface area contributed by atoms with Gasteiger partial charge in [0.15, 0.2) is 0 Å². The summed E-state index contributed by atoms with van der Waals surface area (Å²) in [7, 11) is 0. The lowest BCUT2D eigenvalue weighted by Gasteiger charge is -2.21. The largest absolute Gasteiger partial charge is 0.481 e. The number of rotatable bonds is 5. The van der Waals surface area contributed by atoms with Crippen LogP contribution >= 0.6 is 0 Å². The predicted octanol–water partition coefficient (Wildman–Crippen LogP) is 2.30. The zero-order valence-electron chi connectivity index (χ0n) is 11.5. The van der Waals surface area contributed by atoms with Gasteiger partial charge in [-0.3, -0.25) is 9.59 Å². The summed E-state index contributed by atoms with van der Waals surface area (Å²) >= 11 is 0. The Bertz CT molecular complexity index is 509. The maximum atomic E-state index is 13.5. The average molecular weight is 285 g/mol. The van der Waals surface area contributed by atoms with Crippen molar-refractivity contribution < 1.29 is 23.5 Å². The molecule has 1 rings (SSSR count). The SMILES string of the molecule is CC(C(=O)NCC(C)(C)C(=O)O)c1c(F)cccc1F. The molecule has 0 aromatic heterocycles. The number of nitrogens with one attached hydrogen (secondary N) is 1. The number of amides is 1. The van der Waals surface area contributed by atoms with Crippen molar-refractivity contribution >= 4 is 11.9 Å². The highest BCUT2D eigenvalue weighted by molar-refractivity contribution is 5.84. The molecule has 1 amide bonds. The molecule has 0 fully saturated rings. The zero-order valence-corrected chi connectivity index (χ0v) is 11.5. The van der Waals surface area contributed by atoms with Gasteiger partial charge < -0.3 is 10.4 Å². The lowest BCUT2D eigenvalue weighted by molar-refractivity contribution is -0.146. The van der Waals surface area contributed by atoms with E-state index in [-0.39, 0.29) is 12.1 Å². The molecule has 1 atom stereocenters. The van der Waals surface area contributed by atoms with E-state index in [9.17, 15) is 18.4 Å². The van der Waals surface area contributed by atoms with Gasteiger partial charge >= 0.3 is 5.97 Å². The van der Waals surface area contributed by atoms with Crippen molar-refractivity contribution in [3.8, 4) is 0 Å². The van der Waals surface area contributed by atoms with Crippen LogP contribution in [0.4, 0.5) is 8.78 Å². The number of hydrogen-bond acceptors (Lipinski definition) is 2. The number of carboxylic acid groups (broad SMARTS) is 1. The molecule has 0 spiro atoms. The highest BCUT2D eigenvalue weighted by Gasteiger charge is 2.29. The van der Waals surface area contributed by atoms with Crippen LogP contribution in [0.2, 0.25) is 0 Å². The van der Waals surface area contributed by atoms with Crippen molar-refractivity contribution in [2.45, 2.75) is 26.7 Å². The summed E-state index contributed by atoms with van der Waals surface area (Å²) in [6, 6.07) is 3.36. The highest BCUT2D eigenvalue weighted by atomic mass is 19.1. The van der Waals surface area contributed by atoms with Gasteiger partial charge in [0, 0.05) is 12.1 Å². The van der Waals surface area contributed by atoms with Gasteiger partial charge in [0.25, 0.3) is 0 Å². The molecule has 0 radical (unpaired) electrons. The van der Waals surface area contributed by atoms with E-state index < -0.39 is 34.8 Å². The summed E-state index contributed by atoms with van der Waals surface area (Å²) in [5, 5.41) is 11.3. The van der Waals surface area contributed by atoms with Gasteiger partial charge in [-0.25, -0.2) is 8.78 Å². The number of halogens is 2. The fraction of sp³-hybridized carbons (Fsp3) is 0.429. The first-order valence-corrected chi connectivity index (χ1v) is 6.12. The number of hydrogen-bond donors (Lipinski definition) is 2. The van der Waals surface area contributed by atoms with E-state index in [0.29, 0.717) is 0 Å². The topological polar surface area (TPSA) is 66.4 Å². The van der Waals surface area contributed by atoms with Gasteiger partial charge in [-0.2, -0.15) is 0 Å². The molecular formula is C14H17F2NO3. The molecule has 4 nitrogen and oxygen atoms in total. The summed E-state index contributed by atoms with van der Waals surface area (Å²) in [4.78, 5) is 22.8. The summed E-state index contributed by atoms with van der Waals surface area (Å²) in [6.07, 6.45) is 0. The molecule has 0 bridgehead atoms. The molecule has 0 aliphatic rings. The third-order valence-corrected chi connectivity index (χ3v) is 3.11. The Kier molecular flexibility index (Phi) is 4.81. The van der Waals surface area contributed by atoms with Crippen molar-refractivity contribution in [3.63, 3.8) is 0 Å². The third-order valence-electron chi connectivity index (χ3n) is 3.11. The minimum atomic E-state index is -1.15. The Hall–Kier alpha value is -1.98. The number of carboxylic acids is 1. The molecule has 2 N–H and O–H groups in total. The average Bonchev–Trinajstić information content (AvgIpc) is 2.35. The van der Waals surface area contributed by atoms with Crippen molar-refractivity contribution in [2.75, 3.05) is 6.54 Å². The first-order valence-electron chi connectivity index (χ1n) is 6.12. The van der Waals surface area contributed by atoms with Crippen molar-refractivity contribution in [3.05, 3.63) is 35.4 Å². The molecule has 0 saturated carbocycles. The number of carbonyl (C=O) groups is 2. The molecule has 0 aliphatic heterocycles. The van der Waals surface area contributed by atoms with Crippen molar-refractivity contribution in [1.82, 2.24) is 5.32 Å². The monoisotopic (exact) mass is 285 g/mol. The third kappa shape index (κ3) is 3.53. The summed E-state index contributed by atoms with van der Waals surface area (Å²) in [6.45, 7) is 4.14. The van der Waals surface area contributed by atoms with E-state index >= 15 is 0 Å². The molecule has 20 heavy (non-hydrogen) atoms. The Labute approximate surface area is 115 Å². The van der Waals surface area contributed by atoms with Gasteiger partial charge in [-0.05, 0) is 32.9 Å². The molecule has 0 saturated heterocycles. The molecule has 0 aliphatic carbocycles. The lowest BCUT2D eigenvalue weighted by Crippen LogP contribution is -2.40. The molecule has 1 unspecified atom stereocenters. The standard InChI is InChI=1S/C14H17F2NO3/c1-8(11-9(15)5-4-6-10(11)16)12(18)17-7-14(2,3)13(19)20/h4-6,8H,7H2,1-3H3,(H,17,18)(H,19,20). The molecular weight excluding hydrogens is 268 g/mol. The van der Waals surface area contributed by atoms with Crippen LogP contribution < -0.4 is 5.32 Å². The normalized spacial score (nSPS) is 12.8. The Balaban J connectivity index is 2.81. The van der Waals surface area contributed by atoms with Crippen LogP contribution in [0.15, 0.2) is 18.2 Å². The predicted molar refractivity (Wildman–Crippen MR) is 69.2 cm³/mol. The molecule has 1 aromatic carbocycles. The molecule has 1 aromatic rings.